The summed E-state index contributed by atoms with van der Waals surface area (Å²) in [7, 11) is 0. The monoisotopic (exact) mass is 331 g/mol. The summed E-state index contributed by atoms with van der Waals surface area (Å²) in [5.74, 6) is -0.288. The van der Waals surface area contributed by atoms with E-state index in [1.165, 1.54) is 4.68 Å². The van der Waals surface area contributed by atoms with Crippen molar-refractivity contribution in [3.63, 3.8) is 0 Å². The van der Waals surface area contributed by atoms with Crippen LogP contribution in [-0.2, 0) is 11.3 Å². The van der Waals surface area contributed by atoms with Crippen molar-refractivity contribution in [3.8, 4) is 0 Å². The largest absolute Gasteiger partial charge is 0.388 e. The third-order valence-electron chi connectivity index (χ3n) is 4.66. The number of aromatic nitrogens is 2. The summed E-state index contributed by atoms with van der Waals surface area (Å²) >= 11 is 0. The number of carbonyl (C=O) groups excluding carboxylic acids is 1. The van der Waals surface area contributed by atoms with Crippen molar-refractivity contribution in [2.45, 2.75) is 46.3 Å². The van der Waals surface area contributed by atoms with Crippen molar-refractivity contribution in [1.82, 2.24) is 15.1 Å². The molecule has 2 unspecified atom stereocenters. The maximum Gasteiger partial charge on any atom is 0.275 e. The summed E-state index contributed by atoms with van der Waals surface area (Å²) in [6.45, 7) is 7.41. The topological polar surface area (TPSA) is 84.2 Å². The first kappa shape index (κ1) is 18.1. The van der Waals surface area contributed by atoms with E-state index in [9.17, 15) is 14.7 Å². The standard InChI is InChI=1S/C18H25N3O3/c1-5-12(2)18(4,24)11-19-16(22)10-21-17(23)15-9-7-6-8-14(15)13(3)20-21/h6-9,12,24H,5,10-11H2,1-4H3,(H,19,22). The lowest BCUT2D eigenvalue weighted by Gasteiger charge is -2.29. The molecule has 2 aromatic rings. The third-order valence-corrected chi connectivity index (χ3v) is 4.66. The minimum absolute atomic E-state index is 0.0570. The maximum atomic E-state index is 12.4. The first-order chi connectivity index (χ1) is 11.3. The van der Waals surface area contributed by atoms with Crippen molar-refractivity contribution in [3.05, 3.63) is 40.3 Å². The number of aliphatic hydroxyl groups is 1. The second-order valence-corrected chi connectivity index (χ2v) is 6.54. The first-order valence-electron chi connectivity index (χ1n) is 8.21. The molecule has 1 aromatic heterocycles. The van der Waals surface area contributed by atoms with Crippen molar-refractivity contribution >= 4 is 16.7 Å². The normalized spacial score (nSPS) is 15.0. The Hall–Kier alpha value is -2.21. The number of fused-ring (bicyclic) bond motifs is 1. The van der Waals surface area contributed by atoms with Crippen molar-refractivity contribution in [1.29, 1.82) is 0 Å². The molecule has 24 heavy (non-hydrogen) atoms. The summed E-state index contributed by atoms with van der Waals surface area (Å²) in [5, 5.41) is 18.6. The van der Waals surface area contributed by atoms with Gasteiger partial charge in [0.1, 0.15) is 6.54 Å². The van der Waals surface area contributed by atoms with Crippen LogP contribution in [0.4, 0.5) is 0 Å². The van der Waals surface area contributed by atoms with E-state index in [-0.39, 0.29) is 30.5 Å². The van der Waals surface area contributed by atoms with Gasteiger partial charge in [-0.1, -0.05) is 38.5 Å². The van der Waals surface area contributed by atoms with Gasteiger partial charge in [0.05, 0.1) is 16.7 Å². The molecule has 2 atom stereocenters. The quantitative estimate of drug-likeness (QED) is 0.842. The van der Waals surface area contributed by atoms with E-state index in [1.54, 1.807) is 19.1 Å². The van der Waals surface area contributed by atoms with E-state index in [0.717, 1.165) is 11.8 Å². The van der Waals surface area contributed by atoms with Gasteiger partial charge in [-0.15, -0.1) is 0 Å². The highest BCUT2D eigenvalue weighted by Crippen LogP contribution is 2.18. The van der Waals surface area contributed by atoms with Gasteiger partial charge in [-0.25, -0.2) is 4.68 Å². The fourth-order valence-electron chi connectivity index (χ4n) is 2.60. The van der Waals surface area contributed by atoms with Crippen molar-refractivity contribution in [2.75, 3.05) is 6.54 Å². The molecule has 1 aromatic carbocycles. The third kappa shape index (κ3) is 3.82. The van der Waals surface area contributed by atoms with Crippen LogP contribution in [0.5, 0.6) is 0 Å². The van der Waals surface area contributed by atoms with Crippen LogP contribution in [-0.4, -0.2) is 32.9 Å². The minimum atomic E-state index is -0.984. The van der Waals surface area contributed by atoms with E-state index >= 15 is 0 Å². The number of nitrogens with one attached hydrogen (secondary N) is 1. The highest BCUT2D eigenvalue weighted by molar-refractivity contribution is 5.83. The second kappa shape index (κ2) is 7.13. The molecule has 0 aliphatic carbocycles. The SMILES string of the molecule is CCC(C)C(C)(O)CNC(=O)Cn1nc(C)c2ccccc2c1=O. The zero-order valence-corrected chi connectivity index (χ0v) is 14.7. The number of benzene rings is 1. The molecule has 6 nitrogen and oxygen atoms in total. The van der Waals surface area contributed by atoms with Gasteiger partial charge in [0, 0.05) is 11.9 Å². The Kier molecular flexibility index (Phi) is 5.39. The first-order valence-corrected chi connectivity index (χ1v) is 8.21. The molecule has 0 saturated heterocycles. The number of hydrogen-bond acceptors (Lipinski definition) is 4. The summed E-state index contributed by atoms with van der Waals surface area (Å²) in [6, 6.07) is 7.21. The van der Waals surface area contributed by atoms with Crippen LogP contribution < -0.4 is 10.9 Å². The van der Waals surface area contributed by atoms with Crippen molar-refractivity contribution < 1.29 is 9.90 Å². The van der Waals surface area contributed by atoms with Crippen LogP contribution >= 0.6 is 0 Å². The lowest BCUT2D eigenvalue weighted by atomic mass is 9.89. The minimum Gasteiger partial charge on any atom is -0.388 e. The fourth-order valence-corrected chi connectivity index (χ4v) is 2.60. The predicted molar refractivity (Wildman–Crippen MR) is 93.8 cm³/mol. The van der Waals surface area contributed by atoms with E-state index in [0.29, 0.717) is 11.1 Å². The molecule has 0 bridgehead atoms. The lowest BCUT2D eigenvalue weighted by Crippen LogP contribution is -2.46. The summed E-state index contributed by atoms with van der Waals surface area (Å²) < 4.78 is 1.17. The van der Waals surface area contributed by atoms with Crippen LogP contribution in [0.1, 0.15) is 32.9 Å². The molecule has 6 heteroatoms. The van der Waals surface area contributed by atoms with Crippen molar-refractivity contribution in [2.24, 2.45) is 5.92 Å². The van der Waals surface area contributed by atoms with Crippen LogP contribution in [0.15, 0.2) is 29.1 Å². The molecule has 0 radical (unpaired) electrons. The number of aryl methyl sites for hydroxylation is 1. The van der Waals surface area contributed by atoms with Crippen LogP contribution in [0.25, 0.3) is 10.8 Å². The van der Waals surface area contributed by atoms with Gasteiger partial charge in [0.15, 0.2) is 0 Å². The fraction of sp³-hybridized carbons (Fsp3) is 0.500. The number of amides is 1. The molecule has 2 rings (SSSR count). The van der Waals surface area contributed by atoms with Gasteiger partial charge in [0.25, 0.3) is 5.56 Å². The molecule has 130 valence electrons. The molecular weight excluding hydrogens is 306 g/mol. The van der Waals surface area contributed by atoms with E-state index in [2.05, 4.69) is 10.4 Å². The molecule has 0 aliphatic heterocycles. The molecule has 0 saturated carbocycles. The van der Waals surface area contributed by atoms with Gasteiger partial charge in [-0.2, -0.15) is 5.10 Å². The summed E-state index contributed by atoms with van der Waals surface area (Å²) in [4.78, 5) is 24.6. The average Bonchev–Trinajstić information content (AvgIpc) is 2.57. The zero-order chi connectivity index (χ0) is 17.9. The molecule has 0 aliphatic rings. The Labute approximate surface area is 141 Å². The highest BCUT2D eigenvalue weighted by Gasteiger charge is 2.27. The Balaban J connectivity index is 2.14. The lowest BCUT2D eigenvalue weighted by molar-refractivity contribution is -0.123. The van der Waals surface area contributed by atoms with Crippen LogP contribution in [0.3, 0.4) is 0 Å². The molecule has 1 amide bonds. The number of carbonyl (C=O) groups is 1. The van der Waals surface area contributed by atoms with E-state index in [4.69, 9.17) is 0 Å². The van der Waals surface area contributed by atoms with Crippen LogP contribution in [0, 0.1) is 12.8 Å². The highest BCUT2D eigenvalue weighted by atomic mass is 16.3. The number of rotatable bonds is 6. The van der Waals surface area contributed by atoms with Crippen LogP contribution in [0.2, 0.25) is 0 Å². The second-order valence-electron chi connectivity index (χ2n) is 6.54. The van der Waals surface area contributed by atoms with Gasteiger partial charge in [0.2, 0.25) is 5.91 Å². The van der Waals surface area contributed by atoms with Gasteiger partial charge in [-0.05, 0) is 25.8 Å². The molecule has 0 fully saturated rings. The van der Waals surface area contributed by atoms with Gasteiger partial charge in [-0.3, -0.25) is 9.59 Å². The molecule has 2 N–H and O–H groups in total. The van der Waals surface area contributed by atoms with E-state index in [1.807, 2.05) is 32.9 Å². The molecule has 1 heterocycles. The number of nitrogens with zero attached hydrogens (tertiary/aromatic N) is 2. The van der Waals surface area contributed by atoms with Gasteiger partial charge >= 0.3 is 0 Å². The Morgan fingerprint density at radius 3 is 2.62 bits per heavy atom. The zero-order valence-electron chi connectivity index (χ0n) is 14.7. The maximum absolute atomic E-state index is 12.4. The Bertz CT molecular complexity index is 796. The number of hydrogen-bond donors (Lipinski definition) is 2. The Morgan fingerprint density at radius 1 is 1.38 bits per heavy atom. The predicted octanol–water partition coefficient (Wildman–Crippen LogP) is 1.62. The summed E-state index contributed by atoms with van der Waals surface area (Å²) in [6.07, 6.45) is 0.813. The Morgan fingerprint density at radius 2 is 2.00 bits per heavy atom. The molecular formula is C18H25N3O3. The smallest absolute Gasteiger partial charge is 0.275 e. The van der Waals surface area contributed by atoms with Gasteiger partial charge < -0.3 is 10.4 Å². The average molecular weight is 331 g/mol. The molecule has 0 spiro atoms. The summed E-state index contributed by atoms with van der Waals surface area (Å²) in [5.41, 5.74) is -0.577. The van der Waals surface area contributed by atoms with E-state index < -0.39 is 5.60 Å².